The van der Waals surface area contributed by atoms with Crippen molar-refractivity contribution in [1.82, 2.24) is 4.98 Å². The van der Waals surface area contributed by atoms with Crippen molar-refractivity contribution in [2.24, 2.45) is 0 Å². The number of rotatable bonds is 4. The molecule has 4 heterocycles. The summed E-state index contributed by atoms with van der Waals surface area (Å²) in [6, 6.07) is 51.3. The summed E-state index contributed by atoms with van der Waals surface area (Å²) < 4.78 is 16.5. The Labute approximate surface area is 287 Å². The fourth-order valence-corrected chi connectivity index (χ4v) is 9.44. The van der Waals surface area contributed by atoms with Crippen LogP contribution in [0.15, 0.2) is 154 Å². The summed E-state index contributed by atoms with van der Waals surface area (Å²) in [5, 5.41) is 7.93. The van der Waals surface area contributed by atoms with Crippen molar-refractivity contribution in [1.29, 1.82) is 0 Å². The smallest absolute Gasteiger partial charge is 0.137 e. The molecule has 0 saturated carbocycles. The molecular weight excluding hydrogens is 641 g/mol. The third kappa shape index (κ3) is 4.11. The summed E-state index contributed by atoms with van der Waals surface area (Å²) in [7, 11) is 0. The largest absolute Gasteiger partial charge is 0.456 e. The number of hydrogen-bond donors (Lipinski definition) is 0. The van der Waals surface area contributed by atoms with Gasteiger partial charge in [-0.05, 0) is 72.8 Å². The van der Waals surface area contributed by atoms with Crippen LogP contribution < -0.4 is 4.90 Å². The van der Waals surface area contributed by atoms with Crippen molar-refractivity contribution in [3.05, 3.63) is 146 Å². The molecule has 0 spiro atoms. The van der Waals surface area contributed by atoms with Crippen LogP contribution >= 0.6 is 22.7 Å². The van der Waals surface area contributed by atoms with E-state index in [2.05, 4.69) is 132 Å². The monoisotopic (exact) mass is 664 g/mol. The molecule has 0 unspecified atom stereocenters. The number of anilines is 3. The lowest BCUT2D eigenvalue weighted by molar-refractivity contribution is 0.668. The number of thiophene rings is 1. The molecule has 11 aromatic rings. The van der Waals surface area contributed by atoms with Crippen LogP contribution in [0.4, 0.5) is 17.1 Å². The van der Waals surface area contributed by atoms with Gasteiger partial charge in [0.2, 0.25) is 0 Å². The maximum atomic E-state index is 6.46. The molecule has 230 valence electrons. The number of thiazole rings is 1. The SMILES string of the molecule is c1ccc(-c2nc3ccc4oc5ccc(N(c6ccc7c(c6)oc6ccccc67)c6ccc7sc8ccccc8c7c6)cc5c4c3s2)cc1. The van der Waals surface area contributed by atoms with Gasteiger partial charge in [-0.3, -0.25) is 0 Å². The van der Waals surface area contributed by atoms with E-state index in [1.54, 1.807) is 11.3 Å². The maximum absolute atomic E-state index is 6.46. The third-order valence-electron chi connectivity index (χ3n) is 9.49. The van der Waals surface area contributed by atoms with Gasteiger partial charge in [0.05, 0.1) is 10.2 Å². The summed E-state index contributed by atoms with van der Waals surface area (Å²) in [6.45, 7) is 0. The van der Waals surface area contributed by atoms with Gasteiger partial charge in [0.1, 0.15) is 27.3 Å². The lowest BCUT2D eigenvalue weighted by Gasteiger charge is -2.25. The van der Waals surface area contributed by atoms with Crippen LogP contribution in [-0.2, 0) is 0 Å². The molecular formula is C43H24N2O2S2. The summed E-state index contributed by atoms with van der Waals surface area (Å²) >= 11 is 3.55. The normalized spacial score (nSPS) is 12.1. The molecule has 11 rings (SSSR count). The fourth-order valence-electron chi connectivity index (χ4n) is 7.23. The first kappa shape index (κ1) is 27.0. The second-order valence-corrected chi connectivity index (χ2v) is 14.4. The van der Waals surface area contributed by atoms with E-state index in [1.165, 1.54) is 20.2 Å². The van der Waals surface area contributed by atoms with Crippen molar-refractivity contribution in [2.45, 2.75) is 0 Å². The minimum absolute atomic E-state index is 0.855. The Morgan fingerprint density at radius 1 is 0.449 bits per heavy atom. The minimum Gasteiger partial charge on any atom is -0.456 e. The molecule has 0 N–H and O–H groups in total. The average molecular weight is 665 g/mol. The number of hydrogen-bond acceptors (Lipinski definition) is 6. The minimum atomic E-state index is 0.855. The van der Waals surface area contributed by atoms with Crippen LogP contribution in [0.25, 0.3) is 84.8 Å². The molecule has 0 amide bonds. The van der Waals surface area contributed by atoms with E-state index in [1.807, 2.05) is 29.5 Å². The highest BCUT2D eigenvalue weighted by Crippen LogP contribution is 2.45. The lowest BCUT2D eigenvalue weighted by atomic mass is 10.1. The van der Waals surface area contributed by atoms with E-state index in [4.69, 9.17) is 13.8 Å². The summed E-state index contributed by atoms with van der Waals surface area (Å²) in [4.78, 5) is 7.36. The lowest BCUT2D eigenvalue weighted by Crippen LogP contribution is -2.09. The Balaban J connectivity index is 1.16. The Morgan fingerprint density at radius 2 is 1.10 bits per heavy atom. The van der Waals surface area contributed by atoms with E-state index in [-0.39, 0.29) is 0 Å². The number of para-hydroxylation sites is 1. The topological polar surface area (TPSA) is 42.4 Å². The molecule has 0 bridgehead atoms. The van der Waals surface area contributed by atoms with Crippen LogP contribution in [0.3, 0.4) is 0 Å². The molecule has 0 saturated heterocycles. The second kappa shape index (κ2) is 10.3. The first-order valence-electron chi connectivity index (χ1n) is 16.2. The van der Waals surface area contributed by atoms with Crippen LogP contribution in [-0.4, -0.2) is 4.98 Å². The predicted octanol–water partition coefficient (Wildman–Crippen LogP) is 13.6. The Bertz CT molecular complexity index is 3080. The van der Waals surface area contributed by atoms with Crippen LogP contribution in [0.2, 0.25) is 0 Å². The van der Waals surface area contributed by atoms with Gasteiger partial charge < -0.3 is 13.7 Å². The van der Waals surface area contributed by atoms with Gasteiger partial charge in [-0.2, -0.15) is 0 Å². The van der Waals surface area contributed by atoms with E-state index in [0.717, 1.165) is 81.7 Å². The summed E-state index contributed by atoms with van der Waals surface area (Å²) in [5.41, 5.74) is 8.70. The molecule has 0 aliphatic rings. The first-order chi connectivity index (χ1) is 24.2. The van der Waals surface area contributed by atoms with Crippen LogP contribution in [0.5, 0.6) is 0 Å². The molecule has 7 aromatic carbocycles. The van der Waals surface area contributed by atoms with Gasteiger partial charge in [-0.15, -0.1) is 22.7 Å². The Morgan fingerprint density at radius 3 is 2.02 bits per heavy atom. The predicted molar refractivity (Wildman–Crippen MR) is 207 cm³/mol. The molecule has 4 aromatic heterocycles. The van der Waals surface area contributed by atoms with E-state index in [9.17, 15) is 0 Å². The van der Waals surface area contributed by atoms with Gasteiger partial charge in [-0.1, -0.05) is 66.7 Å². The zero-order valence-corrected chi connectivity index (χ0v) is 27.5. The molecule has 0 fully saturated rings. The number of furan rings is 2. The Hall–Kier alpha value is -5.95. The zero-order chi connectivity index (χ0) is 32.1. The first-order valence-corrected chi connectivity index (χ1v) is 17.8. The number of fused-ring (bicyclic) bond motifs is 11. The third-order valence-corrected chi connectivity index (χ3v) is 11.8. The summed E-state index contributed by atoms with van der Waals surface area (Å²) in [6.07, 6.45) is 0. The molecule has 0 aliphatic heterocycles. The standard InChI is InChI=1S/C43H24N2O2S2/c1-2-8-25(9-3-1)43-44-34-18-20-37-41(42(34)49-43)33-23-26(15-19-36(33)46-37)45(27-16-21-40-32(22-27)31-11-5-7-13-39(31)48-40)28-14-17-30-29-10-4-6-12-35(29)47-38(30)24-28/h1-24H. The highest BCUT2D eigenvalue weighted by atomic mass is 32.1. The van der Waals surface area contributed by atoms with Crippen molar-refractivity contribution in [3.8, 4) is 10.6 Å². The van der Waals surface area contributed by atoms with E-state index < -0.39 is 0 Å². The van der Waals surface area contributed by atoms with Gasteiger partial charge in [0, 0.05) is 70.4 Å². The Kier molecular flexibility index (Phi) is 5.67. The number of benzene rings is 7. The van der Waals surface area contributed by atoms with Gasteiger partial charge >= 0.3 is 0 Å². The van der Waals surface area contributed by atoms with E-state index >= 15 is 0 Å². The van der Waals surface area contributed by atoms with E-state index in [0.29, 0.717) is 0 Å². The highest BCUT2D eigenvalue weighted by Gasteiger charge is 2.20. The molecule has 6 heteroatoms. The van der Waals surface area contributed by atoms with Gasteiger partial charge in [0.15, 0.2) is 0 Å². The van der Waals surface area contributed by atoms with Crippen molar-refractivity contribution in [2.75, 3.05) is 4.90 Å². The number of aromatic nitrogens is 1. The maximum Gasteiger partial charge on any atom is 0.137 e. The average Bonchev–Trinajstić information content (AvgIpc) is 3.92. The molecule has 49 heavy (non-hydrogen) atoms. The summed E-state index contributed by atoms with van der Waals surface area (Å²) in [5.74, 6) is 0. The quantitative estimate of drug-likeness (QED) is 0.188. The molecule has 0 radical (unpaired) electrons. The zero-order valence-electron chi connectivity index (χ0n) is 25.9. The van der Waals surface area contributed by atoms with Crippen molar-refractivity contribution >= 4 is 114 Å². The number of nitrogens with zero attached hydrogens (tertiary/aromatic N) is 2. The van der Waals surface area contributed by atoms with Crippen molar-refractivity contribution < 1.29 is 8.83 Å². The van der Waals surface area contributed by atoms with Gasteiger partial charge in [0.25, 0.3) is 0 Å². The molecule has 0 atom stereocenters. The highest BCUT2D eigenvalue weighted by molar-refractivity contribution is 7.25. The van der Waals surface area contributed by atoms with Crippen LogP contribution in [0, 0.1) is 0 Å². The van der Waals surface area contributed by atoms with Crippen molar-refractivity contribution in [3.63, 3.8) is 0 Å². The van der Waals surface area contributed by atoms with Gasteiger partial charge in [-0.25, -0.2) is 4.98 Å². The second-order valence-electron chi connectivity index (χ2n) is 12.3. The fraction of sp³-hybridized carbons (Fsp3) is 0. The van der Waals surface area contributed by atoms with Crippen LogP contribution in [0.1, 0.15) is 0 Å². The molecule has 4 nitrogen and oxygen atoms in total. The molecule has 0 aliphatic carbocycles.